The number of sulfonamides is 1. The highest BCUT2D eigenvalue weighted by Gasteiger charge is 2.44. The highest BCUT2D eigenvalue weighted by atomic mass is 32.2. The summed E-state index contributed by atoms with van der Waals surface area (Å²) in [6.45, 7) is 1.70. The van der Waals surface area contributed by atoms with Gasteiger partial charge in [-0.3, -0.25) is 4.79 Å². The molecule has 0 aromatic heterocycles. The van der Waals surface area contributed by atoms with E-state index in [1.165, 1.54) is 22.5 Å². The van der Waals surface area contributed by atoms with E-state index in [2.05, 4.69) is 5.32 Å². The molecule has 14 heteroatoms. The molecule has 6 N–H and O–H groups in total. The van der Waals surface area contributed by atoms with Gasteiger partial charge in [-0.1, -0.05) is 42.5 Å². The number of nitrogens with one attached hydrogen (secondary N) is 1. The maximum atomic E-state index is 13.6. The number of aliphatic hydroxyl groups is 1. The molecular weight excluding hydrogens is 633 g/mol. The number of rotatable bonds is 13. The van der Waals surface area contributed by atoms with Crippen molar-refractivity contribution in [3.8, 4) is 16.9 Å². The predicted molar refractivity (Wildman–Crippen MR) is 172 cm³/mol. The first-order chi connectivity index (χ1) is 21.9. The third kappa shape index (κ3) is 8.12. The van der Waals surface area contributed by atoms with Crippen LogP contribution in [0.1, 0.15) is 24.8 Å². The Morgan fingerprint density at radius 2 is 1.70 bits per heavy atom. The molecule has 5 rings (SSSR count). The van der Waals surface area contributed by atoms with Gasteiger partial charge < -0.3 is 31.4 Å². The minimum atomic E-state index is -3.88. The lowest BCUT2D eigenvalue weighted by Crippen LogP contribution is -2.47. The second-order valence-corrected chi connectivity index (χ2v) is 15.7. The molecule has 3 aromatic carbocycles. The minimum absolute atomic E-state index is 0.0255. The number of nitrogens with zero attached hydrogens (tertiary/aromatic N) is 1. The summed E-state index contributed by atoms with van der Waals surface area (Å²) in [5.74, 6) is -1.52. The van der Waals surface area contributed by atoms with E-state index in [1.54, 1.807) is 24.3 Å². The smallest absolute Gasteiger partial charge is 0.243 e. The molecule has 1 spiro atoms. The summed E-state index contributed by atoms with van der Waals surface area (Å²) < 4.78 is 64.9. The van der Waals surface area contributed by atoms with Crippen molar-refractivity contribution in [1.82, 2.24) is 9.62 Å². The molecule has 2 aliphatic heterocycles. The van der Waals surface area contributed by atoms with Crippen molar-refractivity contribution in [2.45, 2.75) is 53.3 Å². The molecule has 0 saturated carbocycles. The Balaban J connectivity index is 1.09. The lowest BCUT2D eigenvalue weighted by Gasteiger charge is -2.38. The van der Waals surface area contributed by atoms with Gasteiger partial charge in [0.1, 0.15) is 24.2 Å². The highest BCUT2D eigenvalue weighted by molar-refractivity contribution is 7.92. The Hall–Kier alpha value is -3.37. The van der Waals surface area contributed by atoms with Crippen molar-refractivity contribution in [3.63, 3.8) is 0 Å². The van der Waals surface area contributed by atoms with Gasteiger partial charge in [-0.15, -0.1) is 0 Å². The molecule has 2 fully saturated rings. The zero-order chi connectivity index (χ0) is 33.0. The van der Waals surface area contributed by atoms with E-state index in [-0.39, 0.29) is 34.7 Å². The standard InChI is InChI=1S/C32H40N4O8S2/c33-18-23-7-9-24(10-8-23)25-3-1-6-30(15-25)46(41,42)36-13-11-32(12-14-36)17-26(20-44-32)35-19-27(37)21-43-28-4-2-5-29(16-28)45(39,40)22-31(34)38/h1-10,15-16,26-27,35,37H,11-14,17-22,33H2,(H2,34,38)/t26-,27+/m1/s1. The van der Waals surface area contributed by atoms with Crippen molar-refractivity contribution in [1.29, 1.82) is 0 Å². The van der Waals surface area contributed by atoms with Crippen LogP contribution in [-0.4, -0.2) is 88.5 Å². The summed E-state index contributed by atoms with van der Waals surface area (Å²) in [5, 5.41) is 13.8. The topological polar surface area (TPSA) is 191 Å². The van der Waals surface area contributed by atoms with E-state index >= 15 is 0 Å². The maximum Gasteiger partial charge on any atom is 0.243 e. The Morgan fingerprint density at radius 1 is 1.00 bits per heavy atom. The van der Waals surface area contributed by atoms with Crippen molar-refractivity contribution in [3.05, 3.63) is 78.4 Å². The van der Waals surface area contributed by atoms with Gasteiger partial charge in [-0.05, 0) is 66.3 Å². The Kier molecular flexibility index (Phi) is 10.5. The number of sulfone groups is 1. The first-order valence-corrected chi connectivity index (χ1v) is 18.2. The van der Waals surface area contributed by atoms with E-state index in [4.69, 9.17) is 20.9 Å². The molecule has 46 heavy (non-hydrogen) atoms. The second kappa shape index (κ2) is 14.2. The van der Waals surface area contributed by atoms with Crippen molar-refractivity contribution in [2.24, 2.45) is 11.5 Å². The Morgan fingerprint density at radius 3 is 2.39 bits per heavy atom. The predicted octanol–water partition coefficient (Wildman–Crippen LogP) is 1.41. The van der Waals surface area contributed by atoms with Crippen LogP contribution in [0, 0.1) is 0 Å². The van der Waals surface area contributed by atoms with Crippen LogP contribution in [0.25, 0.3) is 11.1 Å². The number of hydrogen-bond donors (Lipinski definition) is 4. The fourth-order valence-electron chi connectivity index (χ4n) is 5.86. The molecule has 2 saturated heterocycles. The van der Waals surface area contributed by atoms with Crippen LogP contribution < -0.4 is 21.5 Å². The Bertz CT molecular complexity index is 1740. The normalized spacial score (nSPS) is 19.2. The van der Waals surface area contributed by atoms with Crippen LogP contribution in [0.2, 0.25) is 0 Å². The molecule has 0 radical (unpaired) electrons. The largest absolute Gasteiger partial charge is 0.491 e. The monoisotopic (exact) mass is 672 g/mol. The Labute approximate surface area is 269 Å². The van der Waals surface area contributed by atoms with Gasteiger partial charge in [0.15, 0.2) is 9.84 Å². The molecule has 0 unspecified atom stereocenters. The summed E-state index contributed by atoms with van der Waals surface area (Å²) in [7, 11) is -7.57. The number of carbonyl (C=O) groups is 1. The molecule has 3 aromatic rings. The number of nitrogens with two attached hydrogens (primary N) is 2. The number of piperidine rings is 1. The van der Waals surface area contributed by atoms with E-state index in [0.29, 0.717) is 45.5 Å². The minimum Gasteiger partial charge on any atom is -0.491 e. The number of aliphatic hydroxyl groups excluding tert-OH is 1. The van der Waals surface area contributed by atoms with Gasteiger partial charge in [0.2, 0.25) is 15.9 Å². The van der Waals surface area contributed by atoms with Crippen LogP contribution in [0.5, 0.6) is 5.75 Å². The molecular formula is C32H40N4O8S2. The molecule has 12 nitrogen and oxygen atoms in total. The van der Waals surface area contributed by atoms with Gasteiger partial charge in [0.25, 0.3) is 0 Å². The summed E-state index contributed by atoms with van der Waals surface area (Å²) in [6, 6.07) is 20.4. The third-order valence-corrected chi connectivity index (χ3v) is 12.0. The molecule has 0 bridgehead atoms. The molecule has 248 valence electrons. The third-order valence-electron chi connectivity index (χ3n) is 8.42. The summed E-state index contributed by atoms with van der Waals surface area (Å²) in [5.41, 5.74) is 13.0. The highest BCUT2D eigenvalue weighted by Crippen LogP contribution is 2.37. The number of amides is 1. The molecule has 2 heterocycles. The van der Waals surface area contributed by atoms with Crippen LogP contribution in [0.15, 0.2) is 82.6 Å². The molecule has 2 aliphatic rings. The average Bonchev–Trinajstić information content (AvgIpc) is 3.44. The number of hydrogen-bond acceptors (Lipinski definition) is 10. The zero-order valence-corrected chi connectivity index (χ0v) is 27.0. The number of primary amides is 1. The van der Waals surface area contributed by atoms with Crippen molar-refractivity contribution < 1.29 is 36.2 Å². The molecule has 0 aliphatic carbocycles. The van der Waals surface area contributed by atoms with Crippen LogP contribution in [-0.2, 0) is 35.9 Å². The number of benzene rings is 3. The molecule has 1 amide bonds. The van der Waals surface area contributed by atoms with Crippen LogP contribution in [0.4, 0.5) is 0 Å². The number of ether oxygens (including phenoxy) is 2. The van der Waals surface area contributed by atoms with Gasteiger partial charge in [0, 0.05) is 32.2 Å². The first-order valence-electron chi connectivity index (χ1n) is 15.1. The van der Waals surface area contributed by atoms with Crippen molar-refractivity contribution in [2.75, 3.05) is 38.6 Å². The van der Waals surface area contributed by atoms with Gasteiger partial charge in [0.05, 0.1) is 22.0 Å². The quantitative estimate of drug-likeness (QED) is 0.207. The first kappa shape index (κ1) is 34.0. The average molecular weight is 673 g/mol. The fourth-order valence-corrected chi connectivity index (χ4v) is 8.47. The van der Waals surface area contributed by atoms with Gasteiger partial charge in [-0.25, -0.2) is 16.8 Å². The summed E-state index contributed by atoms with van der Waals surface area (Å²) >= 11 is 0. The SMILES string of the molecule is NCc1ccc(-c2cccc(S(=O)(=O)N3CCC4(CC3)C[C@@H](NC[C@H](O)COc3cccc(S(=O)(=O)CC(N)=O)c3)CO4)c2)cc1. The van der Waals surface area contributed by atoms with Crippen LogP contribution >= 0.6 is 0 Å². The zero-order valence-electron chi connectivity index (χ0n) is 25.4. The van der Waals surface area contributed by atoms with Crippen LogP contribution in [0.3, 0.4) is 0 Å². The summed E-state index contributed by atoms with van der Waals surface area (Å²) in [4.78, 5) is 11.2. The molecule has 2 atom stereocenters. The second-order valence-electron chi connectivity index (χ2n) is 11.8. The van der Waals surface area contributed by atoms with Crippen molar-refractivity contribution >= 4 is 25.8 Å². The number of carbonyl (C=O) groups excluding carboxylic acids is 1. The van der Waals surface area contributed by atoms with E-state index in [0.717, 1.165) is 16.7 Å². The van der Waals surface area contributed by atoms with Gasteiger partial charge >= 0.3 is 0 Å². The maximum absolute atomic E-state index is 13.6. The lowest BCUT2D eigenvalue weighted by atomic mass is 9.88. The van der Waals surface area contributed by atoms with E-state index in [1.807, 2.05) is 30.3 Å². The van der Waals surface area contributed by atoms with E-state index in [9.17, 15) is 26.7 Å². The summed E-state index contributed by atoms with van der Waals surface area (Å²) in [6.07, 6.45) is 0.919. The lowest BCUT2D eigenvalue weighted by molar-refractivity contribution is -0.115. The fraction of sp³-hybridized carbons (Fsp3) is 0.406. The van der Waals surface area contributed by atoms with E-state index < -0.39 is 43.2 Å². The van der Waals surface area contributed by atoms with Gasteiger partial charge in [-0.2, -0.15) is 4.31 Å².